The van der Waals surface area contributed by atoms with E-state index in [1.807, 2.05) is 6.07 Å². The number of hydrogen-bond donors (Lipinski definition) is 3. The van der Waals surface area contributed by atoms with Crippen molar-refractivity contribution >= 4 is 23.6 Å². The van der Waals surface area contributed by atoms with Crippen LogP contribution < -0.4 is 16.0 Å². The van der Waals surface area contributed by atoms with E-state index in [0.29, 0.717) is 13.0 Å². The molecule has 2 heterocycles. The summed E-state index contributed by atoms with van der Waals surface area (Å²) in [5, 5.41) is 16.2. The standard InChI is InChI=1S/C20H28F3N5O4/c1-11(2)7-13(18(3,15(30)25-4)27-17(32)20(21,22)23)14(29)28-10-19(8-12(28)9-24)5-6-26-16(19)31/h11-13H,5-8,10H2,1-4H3,(H,25,30)(H,26,31)(H,27,32)/t12-,13+,18?,19-/m0/s1. The first-order valence-electron chi connectivity index (χ1n) is 10.3. The van der Waals surface area contributed by atoms with Crippen LogP contribution in [0.3, 0.4) is 0 Å². The van der Waals surface area contributed by atoms with Crippen LogP contribution in [-0.2, 0) is 19.2 Å². The zero-order valence-corrected chi connectivity index (χ0v) is 18.4. The molecule has 0 aliphatic carbocycles. The second kappa shape index (κ2) is 8.96. The summed E-state index contributed by atoms with van der Waals surface area (Å²) >= 11 is 0. The Balaban J connectivity index is 2.48. The van der Waals surface area contributed by atoms with Crippen LogP contribution in [0.2, 0.25) is 0 Å². The maximum atomic E-state index is 13.6. The van der Waals surface area contributed by atoms with Crippen LogP contribution >= 0.6 is 0 Å². The van der Waals surface area contributed by atoms with Gasteiger partial charge >= 0.3 is 12.1 Å². The third kappa shape index (κ3) is 4.66. The third-order valence-corrected chi connectivity index (χ3v) is 6.27. The van der Waals surface area contributed by atoms with E-state index in [1.165, 1.54) is 11.9 Å². The van der Waals surface area contributed by atoms with Crippen molar-refractivity contribution in [1.82, 2.24) is 20.9 Å². The average Bonchev–Trinajstić information content (AvgIpc) is 3.26. The molecule has 9 nitrogen and oxygen atoms in total. The van der Waals surface area contributed by atoms with Crippen LogP contribution in [0.15, 0.2) is 0 Å². The maximum Gasteiger partial charge on any atom is 0.471 e. The minimum absolute atomic E-state index is 0.0330. The first kappa shape index (κ1) is 25.4. The molecule has 2 rings (SSSR count). The van der Waals surface area contributed by atoms with Crippen molar-refractivity contribution in [1.29, 1.82) is 5.26 Å². The molecule has 32 heavy (non-hydrogen) atoms. The van der Waals surface area contributed by atoms with Gasteiger partial charge in [0.15, 0.2) is 0 Å². The van der Waals surface area contributed by atoms with E-state index < -0.39 is 46.8 Å². The number of rotatable bonds is 6. The van der Waals surface area contributed by atoms with Crippen LogP contribution in [0.1, 0.15) is 40.0 Å². The quantitative estimate of drug-likeness (QED) is 0.531. The smallest absolute Gasteiger partial charge is 0.357 e. The fourth-order valence-corrected chi connectivity index (χ4v) is 4.51. The van der Waals surface area contributed by atoms with Gasteiger partial charge in [-0.3, -0.25) is 19.2 Å². The number of likely N-dealkylation sites (N-methyl/N-ethyl adjacent to an activating group) is 1. The third-order valence-electron chi connectivity index (χ3n) is 6.27. The van der Waals surface area contributed by atoms with Crippen LogP contribution in [0.25, 0.3) is 0 Å². The Morgan fingerprint density at radius 1 is 1.31 bits per heavy atom. The number of alkyl halides is 3. The lowest BCUT2D eigenvalue weighted by molar-refractivity contribution is -0.177. The number of hydrogen-bond acceptors (Lipinski definition) is 5. The molecule has 2 aliphatic rings. The number of amides is 4. The normalized spacial score (nSPS) is 25.8. The molecular formula is C20H28F3N5O4. The van der Waals surface area contributed by atoms with E-state index in [1.54, 1.807) is 19.2 Å². The van der Waals surface area contributed by atoms with Gasteiger partial charge in [-0.15, -0.1) is 0 Å². The molecule has 0 aromatic carbocycles. The highest BCUT2D eigenvalue weighted by atomic mass is 19.4. The van der Waals surface area contributed by atoms with Gasteiger partial charge < -0.3 is 20.9 Å². The van der Waals surface area contributed by atoms with Crippen molar-refractivity contribution in [3.05, 3.63) is 0 Å². The molecule has 2 aliphatic heterocycles. The van der Waals surface area contributed by atoms with E-state index in [4.69, 9.17) is 0 Å². The molecule has 4 atom stereocenters. The second-order valence-electron chi connectivity index (χ2n) is 9.02. The SMILES string of the molecule is CNC(=O)C(C)(NC(=O)C(F)(F)F)[C@H](CC(C)C)C(=O)N1C[C@]2(CCNC2=O)C[C@H]1C#N. The first-order valence-corrected chi connectivity index (χ1v) is 10.3. The lowest BCUT2D eigenvalue weighted by Crippen LogP contribution is -2.66. The van der Waals surface area contributed by atoms with E-state index in [-0.39, 0.29) is 31.2 Å². The monoisotopic (exact) mass is 459 g/mol. The number of nitriles is 1. The second-order valence-corrected chi connectivity index (χ2v) is 9.02. The predicted molar refractivity (Wildman–Crippen MR) is 105 cm³/mol. The maximum absolute atomic E-state index is 13.6. The number of carbonyl (C=O) groups is 4. The lowest BCUT2D eigenvalue weighted by Gasteiger charge is -2.39. The Hall–Kier alpha value is -2.84. The number of nitrogens with zero attached hydrogens (tertiary/aromatic N) is 2. The van der Waals surface area contributed by atoms with Crippen LogP contribution in [-0.4, -0.2) is 66.4 Å². The lowest BCUT2D eigenvalue weighted by atomic mass is 9.78. The highest BCUT2D eigenvalue weighted by Gasteiger charge is 2.57. The molecule has 1 spiro atoms. The fraction of sp³-hybridized carbons (Fsp3) is 0.750. The van der Waals surface area contributed by atoms with Gasteiger partial charge in [0, 0.05) is 20.1 Å². The Morgan fingerprint density at radius 3 is 2.38 bits per heavy atom. The van der Waals surface area contributed by atoms with Crippen molar-refractivity contribution in [3.63, 3.8) is 0 Å². The zero-order valence-electron chi connectivity index (χ0n) is 18.4. The molecule has 0 aromatic rings. The van der Waals surface area contributed by atoms with E-state index in [0.717, 1.165) is 6.92 Å². The van der Waals surface area contributed by atoms with Crippen LogP contribution in [0, 0.1) is 28.6 Å². The Labute approximate surface area is 184 Å². The number of halogens is 3. The van der Waals surface area contributed by atoms with Gasteiger partial charge in [-0.2, -0.15) is 18.4 Å². The minimum Gasteiger partial charge on any atom is -0.357 e. The summed E-state index contributed by atoms with van der Waals surface area (Å²) in [6.45, 7) is 4.81. The molecule has 0 aromatic heterocycles. The Kier molecular flexibility index (Phi) is 7.11. The number of carbonyl (C=O) groups excluding carboxylic acids is 4. The largest absolute Gasteiger partial charge is 0.471 e. The summed E-state index contributed by atoms with van der Waals surface area (Å²) in [5.41, 5.74) is -3.19. The highest BCUT2D eigenvalue weighted by Crippen LogP contribution is 2.42. The molecule has 0 radical (unpaired) electrons. The summed E-state index contributed by atoms with van der Waals surface area (Å²) in [4.78, 5) is 51.6. The van der Waals surface area contributed by atoms with E-state index in [2.05, 4.69) is 10.6 Å². The van der Waals surface area contributed by atoms with Crippen molar-refractivity contribution in [2.75, 3.05) is 20.1 Å². The zero-order chi connectivity index (χ0) is 24.5. The van der Waals surface area contributed by atoms with Crippen LogP contribution in [0.4, 0.5) is 13.2 Å². The van der Waals surface area contributed by atoms with E-state index in [9.17, 15) is 37.6 Å². The Bertz CT molecular complexity index is 840. The predicted octanol–water partition coefficient (Wildman–Crippen LogP) is 0.463. The van der Waals surface area contributed by atoms with Crippen molar-refractivity contribution in [2.45, 2.75) is 57.8 Å². The molecule has 2 fully saturated rings. The molecule has 12 heteroatoms. The van der Waals surface area contributed by atoms with Gasteiger partial charge in [-0.25, -0.2) is 0 Å². The minimum atomic E-state index is -5.27. The van der Waals surface area contributed by atoms with Gasteiger partial charge in [0.25, 0.3) is 0 Å². The molecule has 3 N–H and O–H groups in total. The van der Waals surface area contributed by atoms with Crippen molar-refractivity contribution < 1.29 is 32.3 Å². The van der Waals surface area contributed by atoms with Gasteiger partial charge in [0.1, 0.15) is 11.6 Å². The highest BCUT2D eigenvalue weighted by molar-refractivity contribution is 5.98. The van der Waals surface area contributed by atoms with Gasteiger partial charge in [0.2, 0.25) is 17.7 Å². The molecule has 0 saturated carbocycles. The molecule has 1 unspecified atom stereocenters. The molecular weight excluding hydrogens is 431 g/mol. The summed E-state index contributed by atoms with van der Waals surface area (Å²) in [6, 6.07) is 1.01. The number of nitrogens with one attached hydrogen (secondary N) is 3. The fourth-order valence-electron chi connectivity index (χ4n) is 4.51. The summed E-state index contributed by atoms with van der Waals surface area (Å²) in [5.74, 6) is -6.00. The molecule has 2 saturated heterocycles. The van der Waals surface area contributed by atoms with Gasteiger partial charge in [0.05, 0.1) is 17.4 Å². The summed E-state index contributed by atoms with van der Waals surface area (Å²) in [6.07, 6.45) is -4.79. The number of likely N-dealkylation sites (tertiary alicyclic amines) is 1. The van der Waals surface area contributed by atoms with Gasteiger partial charge in [-0.1, -0.05) is 13.8 Å². The molecule has 4 amide bonds. The Morgan fingerprint density at radius 2 is 1.94 bits per heavy atom. The van der Waals surface area contributed by atoms with Crippen molar-refractivity contribution in [2.24, 2.45) is 17.3 Å². The van der Waals surface area contributed by atoms with Crippen molar-refractivity contribution in [3.8, 4) is 6.07 Å². The summed E-state index contributed by atoms with van der Waals surface area (Å²) < 4.78 is 39.0. The first-order chi connectivity index (χ1) is 14.7. The molecule has 0 bridgehead atoms. The molecule has 178 valence electrons. The average molecular weight is 459 g/mol. The van der Waals surface area contributed by atoms with Crippen LogP contribution in [0.5, 0.6) is 0 Å². The van der Waals surface area contributed by atoms with E-state index >= 15 is 0 Å². The summed E-state index contributed by atoms with van der Waals surface area (Å²) in [7, 11) is 1.18. The topological polar surface area (TPSA) is 131 Å². The van der Waals surface area contributed by atoms with Gasteiger partial charge in [-0.05, 0) is 32.1 Å².